The van der Waals surface area contributed by atoms with Crippen molar-refractivity contribution in [3.05, 3.63) is 33.8 Å². The monoisotopic (exact) mass is 302 g/mol. The maximum absolute atomic E-state index is 11.8. The minimum absolute atomic E-state index is 0.0674. The molecule has 1 aromatic rings. The second-order valence-electron chi connectivity index (χ2n) is 4.54. The molecule has 0 heterocycles. The lowest BCUT2D eigenvalue weighted by atomic mass is 10.2. The minimum Gasteiger partial charge on any atom is -0.338 e. The Labute approximate surface area is 124 Å². The van der Waals surface area contributed by atoms with Crippen molar-refractivity contribution in [2.45, 2.75) is 32.7 Å². The molecule has 0 atom stereocenters. The Morgan fingerprint density at radius 1 is 1.26 bits per heavy atom. The van der Waals surface area contributed by atoms with E-state index >= 15 is 0 Å². The number of carbonyl (C=O) groups excluding carboxylic acids is 1. The number of carbonyl (C=O) groups is 1. The van der Waals surface area contributed by atoms with Gasteiger partial charge in [-0.3, -0.25) is 0 Å². The highest BCUT2D eigenvalue weighted by molar-refractivity contribution is 6.42. The molecular weight excluding hydrogens is 283 g/mol. The van der Waals surface area contributed by atoms with E-state index in [1.165, 1.54) is 0 Å². The molecule has 0 saturated carbocycles. The third-order valence-corrected chi connectivity index (χ3v) is 3.55. The fraction of sp³-hybridized carbons (Fsp3) is 0.500. The van der Waals surface area contributed by atoms with Gasteiger partial charge >= 0.3 is 6.03 Å². The number of halogens is 2. The molecule has 1 rings (SSSR count). The van der Waals surface area contributed by atoms with Crippen LogP contribution in [0.4, 0.5) is 4.79 Å². The molecule has 1 aromatic carbocycles. The van der Waals surface area contributed by atoms with Gasteiger partial charge in [0.1, 0.15) is 0 Å². The zero-order valence-corrected chi connectivity index (χ0v) is 12.9. The minimum atomic E-state index is -0.0674. The standard InChI is InChI=1S/C14H20Cl2N2O/c1-3-4-5-8-17-14(19)18(2)10-11-6-7-12(15)13(16)9-11/h6-7,9H,3-5,8,10H2,1-2H3,(H,17,19). The van der Waals surface area contributed by atoms with Gasteiger partial charge in [-0.25, -0.2) is 4.79 Å². The lowest BCUT2D eigenvalue weighted by Gasteiger charge is -2.18. The highest BCUT2D eigenvalue weighted by atomic mass is 35.5. The number of hydrogen-bond acceptors (Lipinski definition) is 1. The maximum atomic E-state index is 11.8. The summed E-state index contributed by atoms with van der Waals surface area (Å²) < 4.78 is 0. The Bertz CT molecular complexity index is 424. The molecule has 0 fully saturated rings. The van der Waals surface area contributed by atoms with Gasteiger partial charge in [-0.15, -0.1) is 0 Å². The van der Waals surface area contributed by atoms with Crippen molar-refractivity contribution in [3.8, 4) is 0 Å². The molecule has 0 spiro atoms. The second kappa shape index (κ2) is 8.28. The quantitative estimate of drug-likeness (QED) is 0.780. The van der Waals surface area contributed by atoms with E-state index in [1.54, 1.807) is 24.1 Å². The Hall–Kier alpha value is -0.930. The van der Waals surface area contributed by atoms with Gasteiger partial charge in [-0.2, -0.15) is 0 Å². The van der Waals surface area contributed by atoms with Gasteiger partial charge in [0, 0.05) is 20.1 Å². The summed E-state index contributed by atoms with van der Waals surface area (Å²) in [4.78, 5) is 13.4. The zero-order valence-electron chi connectivity index (χ0n) is 11.4. The molecule has 0 bridgehead atoms. The van der Waals surface area contributed by atoms with Gasteiger partial charge in [0.15, 0.2) is 0 Å². The van der Waals surface area contributed by atoms with Crippen LogP contribution in [-0.4, -0.2) is 24.5 Å². The molecule has 0 radical (unpaired) electrons. The Balaban J connectivity index is 2.42. The summed E-state index contributed by atoms with van der Waals surface area (Å²) in [5, 5.41) is 3.93. The number of benzene rings is 1. The topological polar surface area (TPSA) is 32.3 Å². The largest absolute Gasteiger partial charge is 0.338 e. The maximum Gasteiger partial charge on any atom is 0.317 e. The van der Waals surface area contributed by atoms with Crippen molar-refractivity contribution in [2.75, 3.05) is 13.6 Å². The van der Waals surface area contributed by atoms with Crippen LogP contribution in [0.5, 0.6) is 0 Å². The number of nitrogens with one attached hydrogen (secondary N) is 1. The highest BCUT2D eigenvalue weighted by Crippen LogP contribution is 2.23. The lowest BCUT2D eigenvalue weighted by Crippen LogP contribution is -2.37. The van der Waals surface area contributed by atoms with Crippen LogP contribution < -0.4 is 5.32 Å². The van der Waals surface area contributed by atoms with Crippen molar-refractivity contribution < 1.29 is 4.79 Å². The Morgan fingerprint density at radius 2 is 2.00 bits per heavy atom. The molecule has 0 aliphatic heterocycles. The van der Waals surface area contributed by atoms with Gasteiger partial charge in [-0.1, -0.05) is 49.0 Å². The molecular formula is C14H20Cl2N2O. The number of nitrogens with zero attached hydrogens (tertiary/aromatic N) is 1. The Kier molecular flexibility index (Phi) is 7.03. The zero-order chi connectivity index (χ0) is 14.3. The third-order valence-electron chi connectivity index (χ3n) is 2.81. The predicted molar refractivity (Wildman–Crippen MR) is 80.9 cm³/mol. The summed E-state index contributed by atoms with van der Waals surface area (Å²) >= 11 is 11.8. The van der Waals surface area contributed by atoms with Gasteiger partial charge < -0.3 is 10.2 Å². The fourth-order valence-electron chi connectivity index (χ4n) is 1.69. The van der Waals surface area contributed by atoms with E-state index in [9.17, 15) is 4.79 Å². The van der Waals surface area contributed by atoms with E-state index < -0.39 is 0 Å². The lowest BCUT2D eigenvalue weighted by molar-refractivity contribution is 0.206. The molecule has 19 heavy (non-hydrogen) atoms. The number of amides is 2. The van der Waals surface area contributed by atoms with Crippen LogP contribution >= 0.6 is 23.2 Å². The van der Waals surface area contributed by atoms with E-state index in [-0.39, 0.29) is 6.03 Å². The molecule has 0 aromatic heterocycles. The van der Waals surface area contributed by atoms with Crippen LogP contribution in [-0.2, 0) is 6.54 Å². The first-order valence-electron chi connectivity index (χ1n) is 6.47. The van der Waals surface area contributed by atoms with Crippen molar-refractivity contribution in [1.82, 2.24) is 10.2 Å². The molecule has 106 valence electrons. The van der Waals surface area contributed by atoms with Gasteiger partial charge in [0.2, 0.25) is 0 Å². The Morgan fingerprint density at radius 3 is 2.63 bits per heavy atom. The first-order chi connectivity index (χ1) is 9.04. The SMILES string of the molecule is CCCCCNC(=O)N(C)Cc1ccc(Cl)c(Cl)c1. The average molecular weight is 303 g/mol. The van der Waals surface area contributed by atoms with Gasteiger partial charge in [0.25, 0.3) is 0 Å². The second-order valence-corrected chi connectivity index (χ2v) is 5.36. The smallest absolute Gasteiger partial charge is 0.317 e. The predicted octanol–water partition coefficient (Wildman–Crippen LogP) is 4.33. The fourth-order valence-corrected chi connectivity index (χ4v) is 2.01. The van der Waals surface area contributed by atoms with Crippen molar-refractivity contribution in [3.63, 3.8) is 0 Å². The molecule has 0 saturated heterocycles. The molecule has 0 aliphatic rings. The molecule has 2 amide bonds. The van der Waals surface area contributed by atoms with Crippen LogP contribution in [0, 0.1) is 0 Å². The average Bonchev–Trinajstić information content (AvgIpc) is 2.38. The number of rotatable bonds is 6. The summed E-state index contributed by atoms with van der Waals surface area (Å²) in [7, 11) is 1.76. The van der Waals surface area contributed by atoms with Crippen molar-refractivity contribution >= 4 is 29.2 Å². The van der Waals surface area contributed by atoms with E-state index in [0.29, 0.717) is 16.6 Å². The summed E-state index contributed by atoms with van der Waals surface area (Å²) in [5.74, 6) is 0. The first-order valence-corrected chi connectivity index (χ1v) is 7.23. The molecule has 5 heteroatoms. The third kappa shape index (κ3) is 5.70. The summed E-state index contributed by atoms with van der Waals surface area (Å²) in [6.45, 7) is 3.37. The molecule has 0 aliphatic carbocycles. The molecule has 1 N–H and O–H groups in total. The summed E-state index contributed by atoms with van der Waals surface area (Å²) in [6, 6.07) is 5.33. The summed E-state index contributed by atoms with van der Waals surface area (Å²) in [6.07, 6.45) is 3.30. The van der Waals surface area contributed by atoms with E-state index in [2.05, 4.69) is 12.2 Å². The van der Waals surface area contributed by atoms with Crippen LogP contribution in [0.25, 0.3) is 0 Å². The van der Waals surface area contributed by atoms with E-state index in [1.807, 2.05) is 6.07 Å². The van der Waals surface area contributed by atoms with Crippen molar-refractivity contribution in [1.29, 1.82) is 0 Å². The van der Waals surface area contributed by atoms with Gasteiger partial charge in [0.05, 0.1) is 10.0 Å². The van der Waals surface area contributed by atoms with E-state index in [0.717, 1.165) is 31.4 Å². The van der Waals surface area contributed by atoms with Crippen LogP contribution in [0.15, 0.2) is 18.2 Å². The summed E-state index contributed by atoms with van der Waals surface area (Å²) in [5.41, 5.74) is 0.959. The highest BCUT2D eigenvalue weighted by Gasteiger charge is 2.09. The number of urea groups is 1. The van der Waals surface area contributed by atoms with Gasteiger partial charge in [-0.05, 0) is 24.1 Å². The van der Waals surface area contributed by atoms with E-state index in [4.69, 9.17) is 23.2 Å². The number of unbranched alkanes of at least 4 members (excludes halogenated alkanes) is 2. The first kappa shape index (κ1) is 16.1. The molecule has 0 unspecified atom stereocenters. The van der Waals surface area contributed by atoms with Crippen LogP contribution in [0.1, 0.15) is 31.7 Å². The molecule has 3 nitrogen and oxygen atoms in total. The normalized spacial score (nSPS) is 10.3. The number of hydrogen-bond donors (Lipinski definition) is 1. The van der Waals surface area contributed by atoms with Crippen molar-refractivity contribution in [2.24, 2.45) is 0 Å². The van der Waals surface area contributed by atoms with Crippen LogP contribution in [0.2, 0.25) is 10.0 Å². The van der Waals surface area contributed by atoms with Crippen LogP contribution in [0.3, 0.4) is 0 Å².